The molecule has 0 aliphatic carbocycles. The minimum absolute atomic E-state index is 0.146. The molecule has 0 radical (unpaired) electrons. The van der Waals surface area contributed by atoms with E-state index in [-0.39, 0.29) is 18.1 Å². The van der Waals surface area contributed by atoms with Crippen molar-refractivity contribution in [1.29, 1.82) is 0 Å². The molecule has 2 aliphatic heterocycles. The van der Waals surface area contributed by atoms with Gasteiger partial charge in [0, 0.05) is 51.6 Å². The summed E-state index contributed by atoms with van der Waals surface area (Å²) >= 11 is 0. The number of methoxy groups -OCH3 is 1. The highest BCUT2D eigenvalue weighted by molar-refractivity contribution is 5.78. The second-order valence-corrected chi connectivity index (χ2v) is 7.19. The van der Waals surface area contributed by atoms with E-state index < -0.39 is 0 Å². The molecule has 0 aromatic carbocycles. The van der Waals surface area contributed by atoms with Gasteiger partial charge >= 0.3 is 0 Å². The van der Waals surface area contributed by atoms with E-state index >= 15 is 0 Å². The van der Waals surface area contributed by atoms with Gasteiger partial charge in [-0.2, -0.15) is 0 Å². The quantitative estimate of drug-likeness (QED) is 0.821. The lowest BCUT2D eigenvalue weighted by Gasteiger charge is -2.41. The van der Waals surface area contributed by atoms with Gasteiger partial charge in [-0.05, 0) is 30.2 Å². The van der Waals surface area contributed by atoms with Crippen LogP contribution in [0, 0.1) is 5.92 Å². The minimum Gasteiger partial charge on any atom is -0.469 e. The second-order valence-electron chi connectivity index (χ2n) is 7.19. The molecule has 2 aromatic rings. The van der Waals surface area contributed by atoms with Gasteiger partial charge in [0.15, 0.2) is 0 Å². The standard InChI is InChI=1S/C20H25N3O3/c1-25-19-6-8-23(20(24)10-16-5-3-9-26-16)18-14-22(13-17(18)19)12-15-4-2-7-21-11-15/h2-5,7,9,11,17-19H,6,8,10,12-14H2,1H3/t17-,18+,19-/m0/s1. The maximum absolute atomic E-state index is 12.9. The molecule has 0 saturated carbocycles. The van der Waals surface area contributed by atoms with E-state index in [1.165, 1.54) is 5.56 Å². The highest BCUT2D eigenvalue weighted by Crippen LogP contribution is 2.33. The molecular formula is C20H25N3O3. The average Bonchev–Trinajstić information content (AvgIpc) is 3.31. The number of ether oxygens (including phenoxy) is 1. The molecule has 2 fully saturated rings. The number of amides is 1. The molecule has 138 valence electrons. The van der Waals surface area contributed by atoms with Gasteiger partial charge in [0.25, 0.3) is 0 Å². The van der Waals surface area contributed by atoms with E-state index in [4.69, 9.17) is 9.15 Å². The lowest BCUT2D eigenvalue weighted by molar-refractivity contribution is -0.138. The smallest absolute Gasteiger partial charge is 0.230 e. The molecule has 4 heterocycles. The third-order valence-corrected chi connectivity index (χ3v) is 5.60. The molecule has 0 unspecified atom stereocenters. The number of nitrogens with zero attached hydrogens (tertiary/aromatic N) is 3. The lowest BCUT2D eigenvalue weighted by atomic mass is 9.88. The number of rotatable bonds is 5. The predicted molar refractivity (Wildman–Crippen MR) is 96.3 cm³/mol. The first-order valence-electron chi connectivity index (χ1n) is 9.20. The predicted octanol–water partition coefficient (Wildman–Crippen LogP) is 1.96. The summed E-state index contributed by atoms with van der Waals surface area (Å²) in [6.45, 7) is 3.43. The zero-order valence-electron chi connectivity index (χ0n) is 15.1. The van der Waals surface area contributed by atoms with Crippen molar-refractivity contribution in [3.8, 4) is 0 Å². The maximum atomic E-state index is 12.9. The number of furan rings is 1. The number of likely N-dealkylation sites (tertiary alicyclic amines) is 2. The number of aromatic nitrogens is 1. The van der Waals surface area contributed by atoms with Crippen molar-refractivity contribution in [2.75, 3.05) is 26.7 Å². The van der Waals surface area contributed by atoms with Crippen LogP contribution in [-0.2, 0) is 22.5 Å². The van der Waals surface area contributed by atoms with Crippen molar-refractivity contribution in [2.24, 2.45) is 5.92 Å². The molecular weight excluding hydrogens is 330 g/mol. The van der Waals surface area contributed by atoms with Crippen LogP contribution in [0.3, 0.4) is 0 Å². The Hall–Kier alpha value is -2.18. The van der Waals surface area contributed by atoms with Crippen LogP contribution in [0.4, 0.5) is 0 Å². The van der Waals surface area contributed by atoms with Crippen LogP contribution in [0.2, 0.25) is 0 Å². The molecule has 3 atom stereocenters. The molecule has 1 amide bonds. The van der Waals surface area contributed by atoms with Gasteiger partial charge in [0.1, 0.15) is 5.76 Å². The van der Waals surface area contributed by atoms with Gasteiger partial charge in [-0.3, -0.25) is 14.7 Å². The molecule has 6 nitrogen and oxygen atoms in total. The molecule has 0 spiro atoms. The molecule has 26 heavy (non-hydrogen) atoms. The third kappa shape index (κ3) is 3.52. The Morgan fingerprint density at radius 1 is 1.35 bits per heavy atom. The van der Waals surface area contributed by atoms with Gasteiger partial charge in [-0.25, -0.2) is 0 Å². The largest absolute Gasteiger partial charge is 0.469 e. The molecule has 4 rings (SSSR count). The SMILES string of the molecule is CO[C@H]1CCN(C(=O)Cc2ccco2)[C@@H]2CN(Cc3cccnc3)C[C@H]12. The molecule has 0 N–H and O–H groups in total. The number of hydrogen-bond donors (Lipinski definition) is 0. The third-order valence-electron chi connectivity index (χ3n) is 5.60. The number of hydrogen-bond acceptors (Lipinski definition) is 5. The summed E-state index contributed by atoms with van der Waals surface area (Å²) < 4.78 is 11.1. The summed E-state index contributed by atoms with van der Waals surface area (Å²) in [5.74, 6) is 1.23. The van der Waals surface area contributed by atoms with Gasteiger partial charge in [0.2, 0.25) is 5.91 Å². The van der Waals surface area contributed by atoms with Gasteiger partial charge < -0.3 is 14.1 Å². The first kappa shape index (κ1) is 17.2. The van der Waals surface area contributed by atoms with Crippen molar-refractivity contribution >= 4 is 5.91 Å². The summed E-state index contributed by atoms with van der Waals surface area (Å²) in [6, 6.07) is 7.96. The Morgan fingerprint density at radius 3 is 3.00 bits per heavy atom. The number of carbonyl (C=O) groups is 1. The summed E-state index contributed by atoms with van der Waals surface area (Å²) in [6.07, 6.45) is 6.76. The van der Waals surface area contributed by atoms with Crippen molar-refractivity contribution in [3.63, 3.8) is 0 Å². The molecule has 6 heteroatoms. The number of pyridine rings is 1. The highest BCUT2D eigenvalue weighted by atomic mass is 16.5. The van der Waals surface area contributed by atoms with Crippen molar-refractivity contribution in [2.45, 2.75) is 31.5 Å². The summed E-state index contributed by atoms with van der Waals surface area (Å²) in [4.78, 5) is 21.5. The van der Waals surface area contributed by atoms with Crippen LogP contribution in [0.1, 0.15) is 17.7 Å². The molecule has 2 aromatic heterocycles. The maximum Gasteiger partial charge on any atom is 0.230 e. The van der Waals surface area contributed by atoms with E-state index in [1.54, 1.807) is 19.6 Å². The zero-order valence-corrected chi connectivity index (χ0v) is 15.1. The lowest BCUT2D eigenvalue weighted by Crippen LogP contribution is -2.54. The van der Waals surface area contributed by atoms with Crippen LogP contribution in [0.25, 0.3) is 0 Å². The van der Waals surface area contributed by atoms with Crippen LogP contribution in [0.15, 0.2) is 47.3 Å². The van der Waals surface area contributed by atoms with Crippen molar-refractivity contribution in [1.82, 2.24) is 14.8 Å². The topological polar surface area (TPSA) is 58.8 Å². The van der Waals surface area contributed by atoms with E-state index in [0.29, 0.717) is 12.3 Å². The van der Waals surface area contributed by atoms with E-state index in [2.05, 4.69) is 16.0 Å². The molecule has 2 aliphatic rings. The molecule has 2 saturated heterocycles. The average molecular weight is 355 g/mol. The van der Waals surface area contributed by atoms with E-state index in [0.717, 1.165) is 38.4 Å². The van der Waals surface area contributed by atoms with Gasteiger partial charge in [0.05, 0.1) is 24.8 Å². The summed E-state index contributed by atoms with van der Waals surface area (Å²) in [5, 5.41) is 0. The van der Waals surface area contributed by atoms with E-state index in [1.807, 2.05) is 29.3 Å². The van der Waals surface area contributed by atoms with Gasteiger partial charge in [-0.1, -0.05) is 6.07 Å². The Balaban J connectivity index is 1.47. The first-order valence-corrected chi connectivity index (χ1v) is 9.20. The Bertz CT molecular complexity index is 719. The number of piperidine rings is 1. The van der Waals surface area contributed by atoms with Crippen molar-refractivity contribution in [3.05, 3.63) is 54.2 Å². The molecule has 0 bridgehead atoms. The Labute approximate surface area is 153 Å². The first-order chi connectivity index (χ1) is 12.7. The number of carbonyl (C=O) groups excluding carboxylic acids is 1. The number of fused-ring (bicyclic) bond motifs is 1. The summed E-state index contributed by atoms with van der Waals surface area (Å²) in [7, 11) is 1.78. The summed E-state index contributed by atoms with van der Waals surface area (Å²) in [5.41, 5.74) is 1.20. The minimum atomic E-state index is 0.146. The normalized spacial score (nSPS) is 26.0. The second kappa shape index (κ2) is 7.60. The van der Waals surface area contributed by atoms with Crippen LogP contribution < -0.4 is 0 Å². The highest BCUT2D eigenvalue weighted by Gasteiger charge is 2.45. The fraction of sp³-hybridized carbons (Fsp3) is 0.500. The zero-order chi connectivity index (χ0) is 17.9. The fourth-order valence-electron chi connectivity index (χ4n) is 4.38. The van der Waals surface area contributed by atoms with E-state index in [9.17, 15) is 4.79 Å². The van der Waals surface area contributed by atoms with Crippen LogP contribution in [-0.4, -0.2) is 59.6 Å². The van der Waals surface area contributed by atoms with Crippen LogP contribution in [0.5, 0.6) is 0 Å². The van der Waals surface area contributed by atoms with Crippen molar-refractivity contribution < 1.29 is 13.9 Å². The fourth-order valence-corrected chi connectivity index (χ4v) is 4.38. The Kier molecular flexibility index (Phi) is 5.04. The van der Waals surface area contributed by atoms with Gasteiger partial charge in [-0.15, -0.1) is 0 Å². The monoisotopic (exact) mass is 355 g/mol. The Morgan fingerprint density at radius 2 is 2.27 bits per heavy atom. The van der Waals surface area contributed by atoms with Crippen LogP contribution >= 0.6 is 0 Å².